The summed E-state index contributed by atoms with van der Waals surface area (Å²) < 4.78 is 8.70. The molecule has 1 aromatic heterocycles. The van der Waals surface area contributed by atoms with Gasteiger partial charge in [0.1, 0.15) is 5.75 Å². The minimum absolute atomic E-state index is 0.348. The van der Waals surface area contributed by atoms with E-state index >= 15 is 0 Å². The van der Waals surface area contributed by atoms with Crippen LogP contribution >= 0.6 is 0 Å². The number of unbranched alkanes of at least 4 members (excludes halogenated alkanes) is 3. The first-order valence-corrected chi connectivity index (χ1v) is 30.2. The molecule has 13 aromatic rings. The van der Waals surface area contributed by atoms with E-state index in [2.05, 4.69) is 314 Å². The van der Waals surface area contributed by atoms with E-state index in [1.54, 1.807) is 0 Å². The first-order valence-electron chi connectivity index (χ1n) is 30.2. The molecule has 0 amide bonds. The maximum Gasteiger partial charge on any atom is 0.119 e. The fraction of sp³-hybridized carbons (Fsp3) is 0.0843. The van der Waals surface area contributed by atoms with Gasteiger partial charge in [-0.05, 0) is 181 Å². The Morgan fingerprint density at radius 2 is 0.802 bits per heavy atom. The van der Waals surface area contributed by atoms with Crippen LogP contribution in [0, 0.1) is 0 Å². The first kappa shape index (κ1) is 53.5. The van der Waals surface area contributed by atoms with Crippen LogP contribution in [-0.4, -0.2) is 11.2 Å². The van der Waals surface area contributed by atoms with Crippen LogP contribution in [0.3, 0.4) is 0 Å². The lowest BCUT2D eigenvalue weighted by Gasteiger charge is -2.34. The van der Waals surface area contributed by atoms with Crippen LogP contribution < -0.4 is 9.64 Å². The number of fused-ring (bicyclic) bond motifs is 6. The smallest absolute Gasteiger partial charge is 0.119 e. The van der Waals surface area contributed by atoms with Gasteiger partial charge in [0, 0.05) is 38.9 Å². The van der Waals surface area contributed by atoms with E-state index in [-0.39, 0.29) is 5.41 Å². The standard InChI is InChI=1S/C83H66N2O/c1-3-59-28-32-62(33-29-59)64-40-49-74(50-41-64)86-55-19-6-5-18-54-83(69-22-12-8-13-23-69)79-27-17-16-26-75(79)76-51-48-73(58-80(76)83)84(71-44-36-63(37-45-71)61-20-10-7-11-21-61)72-46-38-66(39-47-72)68-43-53-82-78(57-68)77-56-67(65-34-30-60(4-2)31-35-65)42-52-81(77)85(82)70-24-14-9-15-25-70/h3-4,7-17,20-53,56-58H,1-2,5-6,18-19,54-55H2. The molecule has 1 aliphatic rings. The average molecular weight is 1110 g/mol. The van der Waals surface area contributed by atoms with Crippen LogP contribution in [0.1, 0.15) is 59.9 Å². The third-order valence-corrected chi connectivity index (χ3v) is 17.7. The van der Waals surface area contributed by atoms with Crippen molar-refractivity contribution in [3.05, 3.63) is 332 Å². The SMILES string of the molecule is C=Cc1ccc(-c2ccc(OCCCCCCC3(c4ccccc4)c4ccccc4-c4ccc(N(c5ccc(-c6ccccc6)cc5)c5ccc(-c6ccc7c(c6)c6cc(-c8ccc(C=C)cc8)ccc6n7-c6ccccc6)cc5)cc43)cc2)cc1. The molecule has 1 heterocycles. The predicted octanol–water partition coefficient (Wildman–Crippen LogP) is 22.6. The number of hydrogen-bond donors (Lipinski definition) is 0. The Morgan fingerprint density at radius 1 is 0.360 bits per heavy atom. The Kier molecular flexibility index (Phi) is 14.7. The number of benzene rings is 12. The highest BCUT2D eigenvalue weighted by molar-refractivity contribution is 6.11. The van der Waals surface area contributed by atoms with Crippen molar-refractivity contribution >= 4 is 51.0 Å². The zero-order chi connectivity index (χ0) is 57.8. The number of aromatic nitrogens is 1. The maximum atomic E-state index is 6.31. The summed E-state index contributed by atoms with van der Waals surface area (Å²) >= 11 is 0. The van der Waals surface area contributed by atoms with Gasteiger partial charge in [0.25, 0.3) is 0 Å². The van der Waals surface area contributed by atoms with Crippen molar-refractivity contribution in [2.45, 2.75) is 37.5 Å². The third-order valence-electron chi connectivity index (χ3n) is 17.7. The van der Waals surface area contributed by atoms with Gasteiger partial charge in [-0.15, -0.1) is 0 Å². The molecule has 1 atom stereocenters. The summed E-state index contributed by atoms with van der Waals surface area (Å²) in [5, 5.41) is 2.44. The molecular formula is C83H66N2O. The highest BCUT2D eigenvalue weighted by Crippen LogP contribution is 2.56. The molecule has 1 aliphatic carbocycles. The molecule has 3 heteroatoms. The second-order valence-electron chi connectivity index (χ2n) is 22.7. The van der Waals surface area contributed by atoms with Crippen molar-refractivity contribution in [3.8, 4) is 67.1 Å². The lowest BCUT2D eigenvalue weighted by Crippen LogP contribution is -2.27. The normalized spacial score (nSPS) is 13.3. The molecule has 86 heavy (non-hydrogen) atoms. The number of hydrogen-bond acceptors (Lipinski definition) is 2. The highest BCUT2D eigenvalue weighted by atomic mass is 16.5. The van der Waals surface area contributed by atoms with Crippen molar-refractivity contribution < 1.29 is 4.74 Å². The Balaban J connectivity index is 0.791. The molecule has 3 nitrogen and oxygen atoms in total. The Morgan fingerprint density at radius 3 is 1.37 bits per heavy atom. The second kappa shape index (κ2) is 23.6. The molecule has 0 radical (unpaired) electrons. The van der Waals surface area contributed by atoms with Gasteiger partial charge in [0.15, 0.2) is 0 Å². The molecule has 1 unspecified atom stereocenters. The van der Waals surface area contributed by atoms with Gasteiger partial charge in [0.2, 0.25) is 0 Å². The second-order valence-corrected chi connectivity index (χ2v) is 22.7. The number of anilines is 3. The fourth-order valence-electron chi connectivity index (χ4n) is 13.3. The van der Waals surface area contributed by atoms with E-state index in [1.165, 1.54) is 88.6 Å². The lowest BCUT2D eigenvalue weighted by atomic mass is 9.69. The zero-order valence-electron chi connectivity index (χ0n) is 48.3. The largest absolute Gasteiger partial charge is 0.494 e. The van der Waals surface area contributed by atoms with Gasteiger partial charge in [-0.1, -0.05) is 251 Å². The molecule has 0 aliphatic heterocycles. The van der Waals surface area contributed by atoms with Crippen LogP contribution in [0.4, 0.5) is 17.1 Å². The van der Waals surface area contributed by atoms with Crippen molar-refractivity contribution in [3.63, 3.8) is 0 Å². The lowest BCUT2D eigenvalue weighted by molar-refractivity contribution is 0.304. The monoisotopic (exact) mass is 1110 g/mol. The van der Waals surface area contributed by atoms with Gasteiger partial charge in [-0.2, -0.15) is 0 Å². The highest BCUT2D eigenvalue weighted by Gasteiger charge is 2.44. The summed E-state index contributed by atoms with van der Waals surface area (Å²) in [5.74, 6) is 0.911. The van der Waals surface area contributed by atoms with E-state index in [1.807, 2.05) is 12.2 Å². The van der Waals surface area contributed by atoms with Crippen molar-refractivity contribution in [2.24, 2.45) is 0 Å². The first-order chi connectivity index (χ1) is 42.5. The molecule has 0 N–H and O–H groups in total. The molecule has 0 saturated carbocycles. The summed E-state index contributed by atoms with van der Waals surface area (Å²) in [6, 6.07) is 107. The summed E-state index contributed by atoms with van der Waals surface area (Å²) in [7, 11) is 0. The van der Waals surface area contributed by atoms with E-state index in [0.29, 0.717) is 6.61 Å². The maximum absolute atomic E-state index is 6.31. The van der Waals surface area contributed by atoms with Crippen LogP contribution in [0.2, 0.25) is 0 Å². The van der Waals surface area contributed by atoms with Crippen molar-refractivity contribution in [1.29, 1.82) is 0 Å². The Bertz CT molecular complexity index is 4530. The molecule has 0 fully saturated rings. The average Bonchev–Trinajstić information content (AvgIpc) is 1.59. The van der Waals surface area contributed by atoms with Crippen molar-refractivity contribution in [2.75, 3.05) is 11.5 Å². The minimum atomic E-state index is -0.348. The topological polar surface area (TPSA) is 17.4 Å². The Hall–Kier alpha value is -10.5. The molecule has 0 saturated heterocycles. The number of rotatable bonds is 19. The van der Waals surface area contributed by atoms with Crippen LogP contribution in [0.5, 0.6) is 5.75 Å². The zero-order valence-corrected chi connectivity index (χ0v) is 48.3. The molecule has 12 aromatic carbocycles. The molecule has 0 bridgehead atoms. The van der Waals surface area contributed by atoms with Gasteiger partial charge in [0.05, 0.1) is 17.6 Å². The summed E-state index contributed by atoms with van der Waals surface area (Å²) in [6.07, 6.45) is 9.02. The predicted molar refractivity (Wildman–Crippen MR) is 364 cm³/mol. The van der Waals surface area contributed by atoms with Gasteiger partial charge >= 0.3 is 0 Å². The van der Waals surface area contributed by atoms with E-state index in [0.717, 1.165) is 77.3 Å². The Labute approximate surface area is 505 Å². The van der Waals surface area contributed by atoms with E-state index < -0.39 is 0 Å². The summed E-state index contributed by atoms with van der Waals surface area (Å²) in [4.78, 5) is 2.45. The summed E-state index contributed by atoms with van der Waals surface area (Å²) in [5.41, 5.74) is 24.8. The molecule has 14 rings (SSSR count). The fourth-order valence-corrected chi connectivity index (χ4v) is 13.3. The van der Waals surface area contributed by atoms with Gasteiger partial charge in [-0.3, -0.25) is 0 Å². The quantitative estimate of drug-likeness (QED) is 0.0751. The molecular weight excluding hydrogens is 1040 g/mol. The van der Waals surface area contributed by atoms with Gasteiger partial charge in [-0.25, -0.2) is 0 Å². The molecule has 0 spiro atoms. The minimum Gasteiger partial charge on any atom is -0.494 e. The van der Waals surface area contributed by atoms with Crippen LogP contribution in [-0.2, 0) is 5.41 Å². The summed E-state index contributed by atoms with van der Waals surface area (Å²) in [6.45, 7) is 8.56. The number of para-hydroxylation sites is 1. The van der Waals surface area contributed by atoms with Crippen molar-refractivity contribution in [1.82, 2.24) is 4.57 Å². The van der Waals surface area contributed by atoms with E-state index in [9.17, 15) is 0 Å². The van der Waals surface area contributed by atoms with Crippen LogP contribution in [0.15, 0.2) is 304 Å². The third kappa shape index (κ3) is 10.2. The number of ether oxygens (including phenoxy) is 1. The van der Waals surface area contributed by atoms with E-state index in [4.69, 9.17) is 4.74 Å². The number of nitrogens with zero attached hydrogens (tertiary/aromatic N) is 2. The van der Waals surface area contributed by atoms with Crippen LogP contribution in [0.25, 0.3) is 95.3 Å². The molecule has 414 valence electrons. The van der Waals surface area contributed by atoms with Gasteiger partial charge < -0.3 is 14.2 Å².